The fourth-order valence-corrected chi connectivity index (χ4v) is 1.35. The fourth-order valence-electron chi connectivity index (χ4n) is 0.912. The van der Waals surface area contributed by atoms with Gasteiger partial charge in [-0.2, -0.15) is 0 Å². The molecule has 0 amide bonds. The van der Waals surface area contributed by atoms with Gasteiger partial charge in [0.05, 0.1) is 5.69 Å². The first-order valence-corrected chi connectivity index (χ1v) is 4.68. The maximum Gasteiger partial charge on any atom is 0.107 e. The Kier molecular flexibility index (Phi) is 2.36. The quantitative estimate of drug-likeness (QED) is 0.560. The van der Waals surface area contributed by atoms with Crippen LogP contribution in [0.25, 0.3) is 11.3 Å². The van der Waals surface area contributed by atoms with Crippen LogP contribution >= 0.6 is 15.9 Å². The Hall–Kier alpha value is -1.22. The summed E-state index contributed by atoms with van der Waals surface area (Å²) in [5, 5.41) is 0. The number of hydrogen-bond donors (Lipinski definition) is 0. The molecule has 0 aromatic carbocycles. The number of hydrogen-bond acceptors (Lipinski definition) is 2. The predicted octanol–water partition coefficient (Wildman–Crippen LogP) is 2.91. The van der Waals surface area contributed by atoms with E-state index in [-0.39, 0.29) is 0 Å². The molecular weight excluding hydrogens is 228 g/mol. The second kappa shape index (κ2) is 3.66. The van der Waals surface area contributed by atoms with Gasteiger partial charge in [-0.05, 0) is 40.2 Å². The lowest BCUT2D eigenvalue weighted by atomic mass is 10.5. The van der Waals surface area contributed by atoms with Gasteiger partial charge in [0, 0.05) is 18.0 Å². The second-order valence-corrected chi connectivity index (χ2v) is 3.40. The molecule has 0 unspecified atom stereocenters. The molecule has 0 bridgehead atoms. The predicted molar refractivity (Wildman–Crippen MR) is 55.2 cm³/mol. The molecule has 3 rings (SSSR count). The van der Waals surface area contributed by atoms with Crippen molar-refractivity contribution in [3.05, 3.63) is 47.3 Å². The highest BCUT2D eigenvalue weighted by atomic mass is 79.9. The SMILES string of the molecule is Brc1cc2cc-2n1.c1ccncc1. The average Bonchev–Trinajstić information content (AvgIpc) is 2.78. The molecule has 1 aliphatic heterocycles. The van der Waals surface area contributed by atoms with Crippen molar-refractivity contribution >= 4 is 15.9 Å². The summed E-state index contributed by atoms with van der Waals surface area (Å²) in [5.41, 5.74) is 2.43. The maximum atomic E-state index is 4.06. The van der Waals surface area contributed by atoms with E-state index in [9.17, 15) is 0 Å². The van der Waals surface area contributed by atoms with Gasteiger partial charge < -0.3 is 0 Å². The number of nitrogens with zero attached hydrogens (tertiary/aromatic N) is 2. The van der Waals surface area contributed by atoms with Crippen molar-refractivity contribution in [3.8, 4) is 11.3 Å². The first kappa shape index (κ1) is 8.38. The van der Waals surface area contributed by atoms with Crippen LogP contribution in [0.3, 0.4) is 0 Å². The first-order valence-electron chi connectivity index (χ1n) is 3.89. The molecule has 0 spiro atoms. The number of pyridine rings is 2. The van der Waals surface area contributed by atoms with Crippen molar-refractivity contribution in [1.82, 2.24) is 9.97 Å². The standard InChI is InChI=1S/C5H2BrN.C5H5N/c6-5-2-3-1-4(3)7-5;1-2-4-6-5-3-1/h1-2H;1-5H. The van der Waals surface area contributed by atoms with Crippen LogP contribution < -0.4 is 0 Å². The van der Waals surface area contributed by atoms with E-state index in [1.807, 2.05) is 30.3 Å². The van der Waals surface area contributed by atoms with Gasteiger partial charge in [-0.15, -0.1) is 0 Å². The average molecular weight is 235 g/mol. The van der Waals surface area contributed by atoms with E-state index in [1.165, 1.54) is 5.56 Å². The van der Waals surface area contributed by atoms with Gasteiger partial charge in [0.2, 0.25) is 0 Å². The summed E-state index contributed by atoms with van der Waals surface area (Å²) in [4.78, 5) is 7.85. The zero-order valence-electron chi connectivity index (χ0n) is 6.81. The third kappa shape index (κ3) is 2.36. The lowest BCUT2D eigenvalue weighted by molar-refractivity contribution is 1.33. The molecule has 0 atom stereocenters. The van der Waals surface area contributed by atoms with Crippen molar-refractivity contribution < 1.29 is 0 Å². The monoisotopic (exact) mass is 234 g/mol. The molecule has 3 heteroatoms. The van der Waals surface area contributed by atoms with Crippen molar-refractivity contribution in [1.29, 1.82) is 0 Å². The Bertz CT molecular complexity index is 354. The second-order valence-electron chi connectivity index (χ2n) is 2.59. The summed E-state index contributed by atoms with van der Waals surface area (Å²) < 4.78 is 0.958. The zero-order valence-corrected chi connectivity index (χ0v) is 8.40. The Labute approximate surface area is 84.8 Å². The van der Waals surface area contributed by atoms with Crippen molar-refractivity contribution in [2.24, 2.45) is 0 Å². The number of fused-ring (bicyclic) bond motifs is 1. The van der Waals surface area contributed by atoms with Gasteiger partial charge >= 0.3 is 0 Å². The van der Waals surface area contributed by atoms with Crippen molar-refractivity contribution in [2.75, 3.05) is 0 Å². The summed E-state index contributed by atoms with van der Waals surface area (Å²) in [6.45, 7) is 0. The highest BCUT2D eigenvalue weighted by Crippen LogP contribution is 2.34. The Balaban J connectivity index is 0.000000102. The molecule has 2 nitrogen and oxygen atoms in total. The van der Waals surface area contributed by atoms with E-state index in [2.05, 4.69) is 25.9 Å². The van der Waals surface area contributed by atoms with Crippen LogP contribution in [-0.2, 0) is 0 Å². The van der Waals surface area contributed by atoms with E-state index in [0.29, 0.717) is 0 Å². The lowest BCUT2D eigenvalue weighted by Crippen LogP contribution is -1.58. The van der Waals surface area contributed by atoms with Crippen LogP contribution in [0, 0.1) is 0 Å². The van der Waals surface area contributed by atoms with E-state index in [4.69, 9.17) is 0 Å². The summed E-state index contributed by atoms with van der Waals surface area (Å²) in [7, 11) is 0. The molecule has 0 saturated heterocycles. The van der Waals surface area contributed by atoms with Crippen LogP contribution in [0.15, 0.2) is 47.3 Å². The molecule has 64 valence electrons. The normalized spacial score (nSPS) is 9.92. The summed E-state index contributed by atoms with van der Waals surface area (Å²) in [5.74, 6) is 0. The smallest absolute Gasteiger partial charge is 0.107 e. The minimum Gasteiger partial charge on any atom is -0.265 e. The zero-order chi connectivity index (χ0) is 9.10. The molecule has 2 heterocycles. The molecule has 0 fully saturated rings. The van der Waals surface area contributed by atoms with Crippen molar-refractivity contribution in [3.63, 3.8) is 0 Å². The van der Waals surface area contributed by atoms with E-state index in [0.717, 1.165) is 10.3 Å². The molecule has 0 radical (unpaired) electrons. The number of rotatable bonds is 0. The van der Waals surface area contributed by atoms with Crippen LogP contribution in [-0.4, -0.2) is 9.97 Å². The molecule has 1 aromatic heterocycles. The van der Waals surface area contributed by atoms with Crippen LogP contribution in [0.5, 0.6) is 0 Å². The van der Waals surface area contributed by atoms with Crippen molar-refractivity contribution in [2.45, 2.75) is 0 Å². The largest absolute Gasteiger partial charge is 0.265 e. The Morgan fingerprint density at radius 2 is 1.77 bits per heavy atom. The van der Waals surface area contributed by atoms with Gasteiger partial charge in [-0.3, -0.25) is 4.98 Å². The third-order valence-electron chi connectivity index (χ3n) is 1.57. The molecule has 1 aliphatic carbocycles. The van der Waals surface area contributed by atoms with Crippen LogP contribution in [0.2, 0.25) is 0 Å². The highest BCUT2D eigenvalue weighted by Gasteiger charge is 2.13. The fraction of sp³-hybridized carbons (Fsp3) is 0. The third-order valence-corrected chi connectivity index (χ3v) is 1.98. The van der Waals surface area contributed by atoms with Crippen LogP contribution in [0.1, 0.15) is 0 Å². The Morgan fingerprint density at radius 1 is 1.00 bits per heavy atom. The summed E-state index contributed by atoms with van der Waals surface area (Å²) in [6, 6.07) is 9.77. The van der Waals surface area contributed by atoms with Crippen LogP contribution in [0.4, 0.5) is 0 Å². The topological polar surface area (TPSA) is 25.8 Å². The first-order chi connectivity index (χ1) is 6.36. The van der Waals surface area contributed by atoms with Gasteiger partial charge in [-0.25, -0.2) is 4.98 Å². The summed E-state index contributed by atoms with van der Waals surface area (Å²) in [6.07, 6.45) is 3.50. The molecule has 2 aliphatic rings. The molecule has 0 saturated carbocycles. The van der Waals surface area contributed by atoms with E-state index in [1.54, 1.807) is 12.4 Å². The van der Waals surface area contributed by atoms with Gasteiger partial charge in [0.15, 0.2) is 0 Å². The highest BCUT2D eigenvalue weighted by molar-refractivity contribution is 9.10. The molecule has 0 N–H and O–H groups in total. The van der Waals surface area contributed by atoms with Gasteiger partial charge in [-0.1, -0.05) is 6.07 Å². The molecule has 1 aromatic rings. The summed E-state index contributed by atoms with van der Waals surface area (Å²) >= 11 is 3.24. The minimum absolute atomic E-state index is 0.958. The lowest BCUT2D eigenvalue weighted by Gasteiger charge is -1.70. The van der Waals surface area contributed by atoms with E-state index < -0.39 is 0 Å². The Morgan fingerprint density at radius 3 is 2.00 bits per heavy atom. The number of aromatic nitrogens is 2. The minimum atomic E-state index is 0.958. The van der Waals surface area contributed by atoms with Gasteiger partial charge in [0.25, 0.3) is 0 Å². The maximum absolute atomic E-state index is 4.06. The van der Waals surface area contributed by atoms with E-state index >= 15 is 0 Å². The molecule has 13 heavy (non-hydrogen) atoms. The number of halogens is 1. The van der Waals surface area contributed by atoms with Gasteiger partial charge in [0.1, 0.15) is 4.60 Å². The molecular formula is C10H7BrN2.